The van der Waals surface area contributed by atoms with Crippen LogP contribution in [0, 0.1) is 0 Å². The van der Waals surface area contributed by atoms with Crippen LogP contribution >= 0.6 is 0 Å². The largest absolute Gasteiger partial charge is 0.389 e. The van der Waals surface area contributed by atoms with Crippen molar-refractivity contribution in [1.82, 2.24) is 5.32 Å². The van der Waals surface area contributed by atoms with Gasteiger partial charge in [0.05, 0.1) is 32.0 Å². The lowest BCUT2D eigenvalue weighted by atomic mass is 10.4. The van der Waals surface area contributed by atoms with E-state index in [2.05, 4.69) is 5.32 Å². The molecule has 80 valence electrons. The molecule has 0 fully saturated rings. The molecule has 0 aliphatic carbocycles. The molecule has 0 radical (unpaired) electrons. The molecule has 4 nitrogen and oxygen atoms in total. The van der Waals surface area contributed by atoms with Crippen molar-refractivity contribution in [3.8, 4) is 0 Å². The predicted molar refractivity (Wildman–Crippen MR) is 51.8 cm³/mol. The topological polar surface area (TPSA) is 50.7 Å². The monoisotopic (exact) mass is 191 g/mol. The Morgan fingerprint density at radius 1 is 1.31 bits per heavy atom. The highest BCUT2D eigenvalue weighted by Crippen LogP contribution is 1.88. The Labute approximate surface area is 80.2 Å². The molecule has 13 heavy (non-hydrogen) atoms. The number of rotatable bonds is 8. The summed E-state index contributed by atoms with van der Waals surface area (Å²) in [5.74, 6) is 0. The number of nitrogens with one attached hydrogen (secondary N) is 1. The number of likely N-dealkylation sites (N-methyl/N-ethyl adjacent to an activating group) is 1. The molecule has 0 spiro atoms. The van der Waals surface area contributed by atoms with Crippen LogP contribution < -0.4 is 5.32 Å². The molecule has 0 rings (SSSR count). The molecule has 0 aromatic heterocycles. The van der Waals surface area contributed by atoms with Gasteiger partial charge in [-0.05, 0) is 20.9 Å². The summed E-state index contributed by atoms with van der Waals surface area (Å²) in [6.45, 7) is 6.02. The third-order valence-corrected chi connectivity index (χ3v) is 1.43. The molecule has 0 saturated carbocycles. The van der Waals surface area contributed by atoms with Crippen molar-refractivity contribution >= 4 is 0 Å². The van der Waals surface area contributed by atoms with Gasteiger partial charge in [-0.25, -0.2) is 0 Å². The van der Waals surface area contributed by atoms with Crippen molar-refractivity contribution < 1.29 is 14.6 Å². The molecule has 1 unspecified atom stereocenters. The van der Waals surface area contributed by atoms with Crippen molar-refractivity contribution in [2.45, 2.75) is 26.1 Å². The Bertz CT molecular complexity index is 109. The molecule has 1 atom stereocenters. The zero-order valence-corrected chi connectivity index (χ0v) is 8.75. The number of aliphatic hydroxyl groups is 1. The van der Waals surface area contributed by atoms with Crippen LogP contribution in [0.3, 0.4) is 0 Å². The van der Waals surface area contributed by atoms with E-state index < -0.39 is 6.10 Å². The second-order valence-electron chi connectivity index (χ2n) is 3.21. The van der Waals surface area contributed by atoms with Crippen molar-refractivity contribution in [3.63, 3.8) is 0 Å². The van der Waals surface area contributed by atoms with Gasteiger partial charge in [-0.3, -0.25) is 0 Å². The smallest absolute Gasteiger partial charge is 0.0897 e. The highest BCUT2D eigenvalue weighted by atomic mass is 16.5. The summed E-state index contributed by atoms with van der Waals surface area (Å²) in [6.07, 6.45) is -0.185. The first-order chi connectivity index (χ1) is 6.16. The van der Waals surface area contributed by atoms with Gasteiger partial charge < -0.3 is 19.9 Å². The second-order valence-corrected chi connectivity index (χ2v) is 3.21. The minimum absolute atomic E-state index is 0.242. The number of ether oxygens (including phenoxy) is 2. The van der Waals surface area contributed by atoms with Gasteiger partial charge in [0.25, 0.3) is 0 Å². The summed E-state index contributed by atoms with van der Waals surface area (Å²) in [6, 6.07) is 0. The summed E-state index contributed by atoms with van der Waals surface area (Å²) in [7, 11) is 1.80. The fourth-order valence-corrected chi connectivity index (χ4v) is 0.857. The molecule has 0 bridgehead atoms. The van der Waals surface area contributed by atoms with Gasteiger partial charge in [0.15, 0.2) is 0 Å². The summed E-state index contributed by atoms with van der Waals surface area (Å²) < 4.78 is 10.4. The number of aliphatic hydroxyl groups excluding tert-OH is 1. The van der Waals surface area contributed by atoms with Crippen LogP contribution in [0.25, 0.3) is 0 Å². The van der Waals surface area contributed by atoms with Crippen LogP contribution in [-0.4, -0.2) is 50.7 Å². The van der Waals surface area contributed by atoms with Crippen molar-refractivity contribution in [2.24, 2.45) is 0 Å². The molecule has 0 aromatic rings. The van der Waals surface area contributed by atoms with Crippen LogP contribution in [0.15, 0.2) is 0 Å². The highest BCUT2D eigenvalue weighted by molar-refractivity contribution is 4.54. The van der Waals surface area contributed by atoms with Gasteiger partial charge in [0, 0.05) is 6.54 Å². The van der Waals surface area contributed by atoms with Gasteiger partial charge in [-0.15, -0.1) is 0 Å². The van der Waals surface area contributed by atoms with Crippen molar-refractivity contribution in [2.75, 3.05) is 33.4 Å². The Morgan fingerprint density at radius 2 is 2.00 bits per heavy atom. The maximum atomic E-state index is 9.23. The molecule has 4 heteroatoms. The van der Waals surface area contributed by atoms with Gasteiger partial charge in [-0.1, -0.05) is 0 Å². The predicted octanol–water partition coefficient (Wildman–Crippen LogP) is 0.00830. The lowest BCUT2D eigenvalue weighted by Gasteiger charge is -2.11. The first kappa shape index (κ1) is 12.8. The third kappa shape index (κ3) is 9.76. The molecule has 0 aromatic carbocycles. The summed E-state index contributed by atoms with van der Waals surface area (Å²) in [5, 5.41) is 12.1. The molecule has 0 aliphatic heterocycles. The Hall–Kier alpha value is -0.160. The van der Waals surface area contributed by atoms with Crippen LogP contribution in [0.2, 0.25) is 0 Å². The Balaban J connectivity index is 3.06. The van der Waals surface area contributed by atoms with Gasteiger partial charge in [0.2, 0.25) is 0 Å². The lowest BCUT2D eigenvalue weighted by Crippen LogP contribution is -2.28. The Kier molecular flexibility index (Phi) is 8.33. The maximum absolute atomic E-state index is 9.23. The highest BCUT2D eigenvalue weighted by Gasteiger charge is 2.01. The zero-order valence-electron chi connectivity index (χ0n) is 8.75. The van der Waals surface area contributed by atoms with Crippen LogP contribution in [0.1, 0.15) is 13.8 Å². The molecular weight excluding hydrogens is 170 g/mol. The first-order valence-electron chi connectivity index (χ1n) is 4.68. The maximum Gasteiger partial charge on any atom is 0.0897 e. The lowest BCUT2D eigenvalue weighted by molar-refractivity contribution is -0.00957. The quantitative estimate of drug-likeness (QED) is 0.531. The van der Waals surface area contributed by atoms with E-state index in [9.17, 15) is 5.11 Å². The van der Waals surface area contributed by atoms with Crippen molar-refractivity contribution in [3.05, 3.63) is 0 Å². The van der Waals surface area contributed by atoms with E-state index >= 15 is 0 Å². The fourth-order valence-electron chi connectivity index (χ4n) is 0.857. The first-order valence-corrected chi connectivity index (χ1v) is 4.68. The number of hydrogen-bond donors (Lipinski definition) is 2. The van der Waals surface area contributed by atoms with E-state index in [0.29, 0.717) is 26.4 Å². The second kappa shape index (κ2) is 8.44. The summed E-state index contributed by atoms with van der Waals surface area (Å²) in [5.41, 5.74) is 0. The minimum Gasteiger partial charge on any atom is -0.389 e. The van der Waals surface area contributed by atoms with Gasteiger partial charge in [-0.2, -0.15) is 0 Å². The molecular formula is C9H21NO3. The number of hydrogen-bond acceptors (Lipinski definition) is 4. The standard InChI is InChI=1S/C9H21NO3/c1-8(2)13-5-4-12-7-9(11)6-10-3/h8-11H,4-7H2,1-3H3. The Morgan fingerprint density at radius 3 is 2.54 bits per heavy atom. The molecule has 0 saturated heterocycles. The normalized spacial score (nSPS) is 13.6. The summed E-state index contributed by atoms with van der Waals surface area (Å²) >= 11 is 0. The minimum atomic E-state index is -0.427. The average Bonchev–Trinajstić information content (AvgIpc) is 2.03. The summed E-state index contributed by atoms with van der Waals surface area (Å²) in [4.78, 5) is 0. The van der Waals surface area contributed by atoms with Crippen LogP contribution in [-0.2, 0) is 9.47 Å². The third-order valence-electron chi connectivity index (χ3n) is 1.43. The van der Waals surface area contributed by atoms with Crippen molar-refractivity contribution in [1.29, 1.82) is 0 Å². The fraction of sp³-hybridized carbons (Fsp3) is 1.00. The molecule has 0 heterocycles. The molecule has 0 aliphatic rings. The van der Waals surface area contributed by atoms with Crippen LogP contribution in [0.5, 0.6) is 0 Å². The average molecular weight is 191 g/mol. The van der Waals surface area contributed by atoms with Gasteiger partial charge in [0.1, 0.15) is 0 Å². The van der Waals surface area contributed by atoms with E-state index in [1.807, 2.05) is 13.8 Å². The van der Waals surface area contributed by atoms with E-state index in [-0.39, 0.29) is 6.10 Å². The van der Waals surface area contributed by atoms with Gasteiger partial charge >= 0.3 is 0 Å². The zero-order chi connectivity index (χ0) is 10.1. The SMILES string of the molecule is CNCC(O)COCCOC(C)C. The van der Waals surface area contributed by atoms with Crippen LogP contribution in [0.4, 0.5) is 0 Å². The van der Waals surface area contributed by atoms with E-state index in [4.69, 9.17) is 9.47 Å². The van der Waals surface area contributed by atoms with E-state index in [1.54, 1.807) is 7.05 Å². The molecule has 0 amide bonds. The van der Waals surface area contributed by atoms with E-state index in [0.717, 1.165) is 0 Å². The molecule has 2 N–H and O–H groups in total. The van der Waals surface area contributed by atoms with E-state index in [1.165, 1.54) is 0 Å².